The molecule has 1 rings (SSSR count). The third kappa shape index (κ3) is 4.07. The van der Waals surface area contributed by atoms with Crippen LogP contribution in [-0.2, 0) is 20.7 Å². The van der Waals surface area contributed by atoms with Crippen molar-refractivity contribution in [1.29, 1.82) is 0 Å². The first kappa shape index (κ1) is 15.7. The van der Waals surface area contributed by atoms with Gasteiger partial charge in [-0.25, -0.2) is 4.79 Å². The molecule has 5 nitrogen and oxygen atoms in total. The normalized spacial score (nSPS) is 11.5. The van der Waals surface area contributed by atoms with E-state index >= 15 is 0 Å². The van der Waals surface area contributed by atoms with E-state index in [-0.39, 0.29) is 30.1 Å². The fraction of sp³-hybridized carbons (Fsp3) is 0.200. The highest BCUT2D eigenvalue weighted by Crippen LogP contribution is 2.17. The lowest BCUT2D eigenvalue weighted by Gasteiger charge is -2.12. The summed E-state index contributed by atoms with van der Waals surface area (Å²) in [7, 11) is 0. The summed E-state index contributed by atoms with van der Waals surface area (Å²) in [5.74, 6) is -2.02. The van der Waals surface area contributed by atoms with Gasteiger partial charge in [0.15, 0.2) is 5.76 Å². The second kappa shape index (κ2) is 7.25. The molecule has 0 fully saturated rings. The Bertz CT molecular complexity index is 546. The van der Waals surface area contributed by atoms with Crippen LogP contribution in [0.25, 0.3) is 0 Å². The van der Waals surface area contributed by atoms with Crippen LogP contribution >= 0.6 is 0 Å². The molecule has 0 unspecified atom stereocenters. The Hall–Kier alpha value is -2.40. The van der Waals surface area contributed by atoms with E-state index in [0.717, 1.165) is 5.56 Å². The average Bonchev–Trinajstić information content (AvgIpc) is 2.42. The van der Waals surface area contributed by atoms with Gasteiger partial charge in [-0.2, -0.15) is 0 Å². The van der Waals surface area contributed by atoms with Crippen molar-refractivity contribution in [2.75, 3.05) is 6.73 Å². The summed E-state index contributed by atoms with van der Waals surface area (Å²) in [6.45, 7) is 4.72. The van der Waals surface area contributed by atoms with E-state index in [0.29, 0.717) is 0 Å². The van der Waals surface area contributed by atoms with Crippen molar-refractivity contribution in [1.82, 2.24) is 0 Å². The Morgan fingerprint density at radius 1 is 1.30 bits per heavy atom. The molecule has 0 aliphatic carbocycles. The van der Waals surface area contributed by atoms with Gasteiger partial charge in [0.05, 0.1) is 5.57 Å². The van der Waals surface area contributed by atoms with Crippen molar-refractivity contribution in [3.8, 4) is 0 Å². The number of carboxylic acids is 1. The van der Waals surface area contributed by atoms with Gasteiger partial charge in [0.1, 0.15) is 6.73 Å². The fourth-order valence-electron chi connectivity index (χ4n) is 1.62. The molecule has 0 bridgehead atoms. The molecule has 106 valence electrons. The highest BCUT2D eigenvalue weighted by molar-refractivity contribution is 6.10. The van der Waals surface area contributed by atoms with Gasteiger partial charge in [-0.05, 0) is 18.1 Å². The molecule has 0 amide bonds. The minimum absolute atomic E-state index is 0.0739. The Morgan fingerprint density at radius 2 is 1.90 bits per heavy atom. The Labute approximate surface area is 117 Å². The first-order valence-electron chi connectivity index (χ1n) is 6.00. The van der Waals surface area contributed by atoms with Crippen molar-refractivity contribution in [3.05, 3.63) is 59.4 Å². The molecule has 1 aromatic rings. The van der Waals surface area contributed by atoms with Crippen LogP contribution in [0.5, 0.6) is 0 Å². The molecule has 0 spiro atoms. The van der Waals surface area contributed by atoms with E-state index in [4.69, 9.17) is 10.5 Å². The number of allylic oxidation sites excluding steroid dienone is 1. The zero-order valence-electron chi connectivity index (χ0n) is 11.3. The molecule has 20 heavy (non-hydrogen) atoms. The number of hydrogen-bond donors (Lipinski definition) is 2. The second-order valence-electron chi connectivity index (χ2n) is 4.20. The van der Waals surface area contributed by atoms with Crippen LogP contribution in [0.2, 0.25) is 0 Å². The molecule has 1 aromatic carbocycles. The second-order valence-corrected chi connectivity index (χ2v) is 4.20. The van der Waals surface area contributed by atoms with E-state index in [1.165, 1.54) is 6.92 Å². The Kier molecular flexibility index (Phi) is 5.68. The number of aliphatic carboxylic acids is 1. The van der Waals surface area contributed by atoms with Gasteiger partial charge in [0, 0.05) is 6.42 Å². The first-order chi connectivity index (χ1) is 9.47. The summed E-state index contributed by atoms with van der Waals surface area (Å²) >= 11 is 0. The van der Waals surface area contributed by atoms with Crippen molar-refractivity contribution < 1.29 is 19.4 Å². The van der Waals surface area contributed by atoms with Gasteiger partial charge < -0.3 is 9.84 Å². The third-order valence-corrected chi connectivity index (χ3v) is 2.58. The molecule has 0 radical (unpaired) electrons. The maximum absolute atomic E-state index is 12.0. The number of carbonyl (C=O) groups is 2. The number of ether oxygens (including phenoxy) is 1. The highest BCUT2D eigenvalue weighted by Gasteiger charge is 2.23. The lowest BCUT2D eigenvalue weighted by Crippen LogP contribution is -2.19. The zero-order chi connectivity index (χ0) is 15.1. The maximum atomic E-state index is 12.0. The van der Waals surface area contributed by atoms with Gasteiger partial charge in [-0.1, -0.05) is 36.9 Å². The number of carboxylic acid groups (broad SMARTS) is 1. The molecule has 0 aromatic heterocycles. The van der Waals surface area contributed by atoms with Crippen LogP contribution in [0, 0.1) is 0 Å². The van der Waals surface area contributed by atoms with Gasteiger partial charge in [-0.15, -0.1) is 0 Å². The maximum Gasteiger partial charge on any atom is 0.335 e. The van der Waals surface area contributed by atoms with Gasteiger partial charge in [-0.3, -0.25) is 10.5 Å². The van der Waals surface area contributed by atoms with Gasteiger partial charge in [0.2, 0.25) is 5.78 Å². The number of benzene rings is 1. The molecule has 0 heterocycles. The third-order valence-electron chi connectivity index (χ3n) is 2.58. The van der Waals surface area contributed by atoms with Crippen LogP contribution in [0.15, 0.2) is 53.8 Å². The van der Waals surface area contributed by atoms with Gasteiger partial charge >= 0.3 is 5.97 Å². The van der Waals surface area contributed by atoms with Crippen molar-refractivity contribution in [3.63, 3.8) is 0 Å². The SMILES string of the molecule is C=C(C)C(=O)C(OCN)=C(Cc1ccccc1)C(=O)O. The number of rotatable bonds is 7. The summed E-state index contributed by atoms with van der Waals surface area (Å²) in [6, 6.07) is 8.95. The topological polar surface area (TPSA) is 89.6 Å². The average molecular weight is 275 g/mol. The van der Waals surface area contributed by atoms with Crippen LogP contribution < -0.4 is 5.73 Å². The monoisotopic (exact) mass is 275 g/mol. The quantitative estimate of drug-likeness (QED) is 0.448. The molecule has 0 aliphatic rings. The summed E-state index contributed by atoms with van der Waals surface area (Å²) in [5, 5.41) is 9.30. The summed E-state index contributed by atoms with van der Waals surface area (Å²) < 4.78 is 5.03. The molecule has 0 saturated carbocycles. The standard InChI is InChI=1S/C15H17NO4/c1-10(2)13(17)14(20-9-16)12(15(18)19)8-11-6-4-3-5-7-11/h3-7H,1,8-9,16H2,2H3,(H,18,19). The smallest absolute Gasteiger partial charge is 0.335 e. The van der Waals surface area contributed by atoms with Crippen molar-refractivity contribution in [2.45, 2.75) is 13.3 Å². The molecule has 0 aliphatic heterocycles. The highest BCUT2D eigenvalue weighted by atomic mass is 16.5. The lowest BCUT2D eigenvalue weighted by molar-refractivity contribution is -0.133. The predicted octanol–water partition coefficient (Wildman–Crippen LogP) is 1.65. The number of hydrogen-bond acceptors (Lipinski definition) is 4. The van der Waals surface area contributed by atoms with Crippen molar-refractivity contribution in [2.24, 2.45) is 5.73 Å². The van der Waals surface area contributed by atoms with Crippen LogP contribution in [0.1, 0.15) is 12.5 Å². The molecule has 3 N–H and O–H groups in total. The molecule has 0 saturated heterocycles. The Morgan fingerprint density at radius 3 is 2.35 bits per heavy atom. The number of Topliss-reactive ketones (excluding diaryl/α,β-unsaturated/α-hetero) is 1. The Balaban J connectivity index is 3.24. The molecular formula is C15H17NO4. The minimum atomic E-state index is -1.22. The summed E-state index contributed by atoms with van der Waals surface area (Å²) in [5.41, 5.74) is 6.09. The number of nitrogens with two attached hydrogens (primary N) is 1. The lowest BCUT2D eigenvalue weighted by atomic mass is 10.0. The number of carbonyl (C=O) groups excluding carboxylic acids is 1. The van der Waals surface area contributed by atoms with Crippen LogP contribution in [0.4, 0.5) is 0 Å². The predicted molar refractivity (Wildman–Crippen MR) is 74.8 cm³/mol. The van der Waals surface area contributed by atoms with E-state index in [1.54, 1.807) is 24.3 Å². The van der Waals surface area contributed by atoms with Gasteiger partial charge in [0.25, 0.3) is 0 Å². The van der Waals surface area contributed by atoms with E-state index in [2.05, 4.69) is 6.58 Å². The van der Waals surface area contributed by atoms with E-state index < -0.39 is 11.8 Å². The van der Waals surface area contributed by atoms with Crippen molar-refractivity contribution >= 4 is 11.8 Å². The fourth-order valence-corrected chi connectivity index (χ4v) is 1.62. The molecule has 0 atom stereocenters. The molecule has 5 heteroatoms. The zero-order valence-corrected chi connectivity index (χ0v) is 11.3. The largest absolute Gasteiger partial charge is 0.478 e. The summed E-state index contributed by atoms with van der Waals surface area (Å²) in [4.78, 5) is 23.4. The number of ketones is 1. The van der Waals surface area contributed by atoms with E-state index in [1.807, 2.05) is 6.07 Å². The van der Waals surface area contributed by atoms with Crippen LogP contribution in [0.3, 0.4) is 0 Å². The van der Waals surface area contributed by atoms with E-state index in [9.17, 15) is 14.7 Å². The molecular weight excluding hydrogens is 258 g/mol. The minimum Gasteiger partial charge on any atom is -0.478 e. The van der Waals surface area contributed by atoms with Crippen LogP contribution in [-0.4, -0.2) is 23.6 Å². The first-order valence-corrected chi connectivity index (χ1v) is 6.00. The summed E-state index contributed by atoms with van der Waals surface area (Å²) in [6.07, 6.45) is 0.0739.